The second kappa shape index (κ2) is 9.25. The number of esters is 1. The van der Waals surface area contributed by atoms with Gasteiger partial charge in [-0.15, -0.1) is 0 Å². The molecule has 1 heterocycles. The molecule has 1 unspecified atom stereocenters. The van der Waals surface area contributed by atoms with Crippen molar-refractivity contribution in [1.82, 2.24) is 10.2 Å². The lowest BCUT2D eigenvalue weighted by molar-refractivity contribution is -0.139. The molecule has 2 amide bonds. The Morgan fingerprint density at radius 3 is 2.60 bits per heavy atom. The van der Waals surface area contributed by atoms with Gasteiger partial charge in [0, 0.05) is 22.6 Å². The molecule has 0 aromatic heterocycles. The summed E-state index contributed by atoms with van der Waals surface area (Å²) in [5, 5.41) is 4.40. The summed E-state index contributed by atoms with van der Waals surface area (Å²) >= 11 is 9.34. The fraction of sp³-hybridized carbons (Fsp3) is 0.444. The van der Waals surface area contributed by atoms with Crippen molar-refractivity contribution < 1.29 is 14.3 Å². The first-order valence-electron chi connectivity index (χ1n) is 8.27. The Kier molecular flexibility index (Phi) is 7.32. The van der Waals surface area contributed by atoms with Gasteiger partial charge in [-0.1, -0.05) is 39.7 Å². The molecule has 1 N–H and O–H groups in total. The molecule has 2 rings (SSSR count). The Balaban J connectivity index is 2.40. The van der Waals surface area contributed by atoms with Crippen molar-refractivity contribution in [2.45, 2.75) is 32.7 Å². The summed E-state index contributed by atoms with van der Waals surface area (Å²) in [6.45, 7) is 4.39. The highest BCUT2D eigenvalue weighted by Crippen LogP contribution is 2.32. The van der Waals surface area contributed by atoms with Gasteiger partial charge >= 0.3 is 12.0 Å². The average molecular weight is 430 g/mol. The number of carbonyl (C=O) groups excluding carboxylic acids is 2. The van der Waals surface area contributed by atoms with Gasteiger partial charge in [0.15, 0.2) is 0 Å². The van der Waals surface area contributed by atoms with Crippen LogP contribution < -0.4 is 5.32 Å². The Hall–Kier alpha value is -1.53. The van der Waals surface area contributed by atoms with Gasteiger partial charge in [0.25, 0.3) is 0 Å². The number of hydrogen-bond donors (Lipinski definition) is 1. The Labute approximate surface area is 161 Å². The maximum absolute atomic E-state index is 12.6. The maximum Gasteiger partial charge on any atom is 0.338 e. The molecule has 136 valence electrons. The fourth-order valence-electron chi connectivity index (χ4n) is 2.79. The normalized spacial score (nSPS) is 17.5. The smallest absolute Gasteiger partial charge is 0.338 e. The molecular weight excluding hydrogens is 408 g/mol. The van der Waals surface area contributed by atoms with Gasteiger partial charge in [-0.2, -0.15) is 0 Å². The third kappa shape index (κ3) is 4.76. The molecule has 0 saturated carbocycles. The predicted molar refractivity (Wildman–Crippen MR) is 102 cm³/mol. The first-order valence-corrected chi connectivity index (χ1v) is 9.76. The molecule has 25 heavy (non-hydrogen) atoms. The highest BCUT2D eigenvalue weighted by molar-refractivity contribution is 9.09. The number of halogens is 2. The number of amides is 2. The van der Waals surface area contributed by atoms with Crippen LogP contribution in [0, 0.1) is 0 Å². The monoisotopic (exact) mass is 428 g/mol. The fourth-order valence-corrected chi connectivity index (χ4v) is 3.32. The first-order chi connectivity index (χ1) is 12.0. The molecule has 1 aliphatic rings. The van der Waals surface area contributed by atoms with E-state index in [2.05, 4.69) is 21.2 Å². The van der Waals surface area contributed by atoms with Crippen molar-refractivity contribution in [3.8, 4) is 0 Å². The van der Waals surface area contributed by atoms with E-state index in [0.717, 1.165) is 23.7 Å². The SMILES string of the molecule is CCOC(=O)C1=C(C)N(CCCCBr)C(=O)NC1c1ccc(Cl)cc1. The van der Waals surface area contributed by atoms with Crippen molar-refractivity contribution in [3.63, 3.8) is 0 Å². The van der Waals surface area contributed by atoms with Crippen LogP contribution in [0.4, 0.5) is 4.79 Å². The topological polar surface area (TPSA) is 58.6 Å². The van der Waals surface area contributed by atoms with E-state index in [9.17, 15) is 9.59 Å². The lowest BCUT2D eigenvalue weighted by atomic mass is 9.95. The van der Waals surface area contributed by atoms with E-state index >= 15 is 0 Å². The summed E-state index contributed by atoms with van der Waals surface area (Å²) in [6.07, 6.45) is 1.80. The number of benzene rings is 1. The van der Waals surface area contributed by atoms with Crippen LogP contribution in [-0.4, -0.2) is 35.4 Å². The van der Waals surface area contributed by atoms with Gasteiger partial charge in [-0.3, -0.25) is 4.90 Å². The van der Waals surface area contributed by atoms with E-state index in [4.69, 9.17) is 16.3 Å². The second-order valence-electron chi connectivity index (χ2n) is 5.70. The molecule has 1 aromatic rings. The Morgan fingerprint density at radius 1 is 1.32 bits per heavy atom. The van der Waals surface area contributed by atoms with Gasteiger partial charge in [-0.25, -0.2) is 9.59 Å². The minimum atomic E-state index is -0.545. The second-order valence-corrected chi connectivity index (χ2v) is 6.93. The molecule has 1 atom stereocenters. The molecule has 0 spiro atoms. The van der Waals surface area contributed by atoms with E-state index in [1.165, 1.54) is 0 Å². The van der Waals surface area contributed by atoms with E-state index in [0.29, 0.717) is 22.8 Å². The van der Waals surface area contributed by atoms with Gasteiger partial charge in [-0.05, 0) is 44.4 Å². The summed E-state index contributed by atoms with van der Waals surface area (Å²) in [5.74, 6) is -0.412. The molecule has 0 fully saturated rings. The van der Waals surface area contributed by atoms with Crippen LogP contribution in [0.15, 0.2) is 35.5 Å². The third-order valence-corrected chi connectivity index (χ3v) is 4.87. The minimum Gasteiger partial charge on any atom is -0.463 e. The van der Waals surface area contributed by atoms with Crippen molar-refractivity contribution in [2.24, 2.45) is 0 Å². The van der Waals surface area contributed by atoms with Crippen LogP contribution in [0.25, 0.3) is 0 Å². The molecule has 7 heteroatoms. The third-order valence-electron chi connectivity index (χ3n) is 4.06. The number of carbonyl (C=O) groups is 2. The van der Waals surface area contributed by atoms with Crippen molar-refractivity contribution in [2.75, 3.05) is 18.5 Å². The number of rotatable bonds is 7. The van der Waals surface area contributed by atoms with E-state index in [-0.39, 0.29) is 12.6 Å². The van der Waals surface area contributed by atoms with Crippen molar-refractivity contribution in [1.29, 1.82) is 0 Å². The number of nitrogens with zero attached hydrogens (tertiary/aromatic N) is 1. The molecule has 0 bridgehead atoms. The van der Waals surface area contributed by atoms with Crippen LogP contribution in [0.1, 0.15) is 38.3 Å². The lowest BCUT2D eigenvalue weighted by Gasteiger charge is -2.35. The van der Waals surface area contributed by atoms with Crippen LogP contribution in [0.3, 0.4) is 0 Å². The zero-order valence-corrected chi connectivity index (χ0v) is 16.7. The standard InChI is InChI=1S/C18H22BrClN2O3/c1-3-25-17(23)15-12(2)22(11-5-4-10-19)18(24)21-16(15)13-6-8-14(20)9-7-13/h6-9,16H,3-5,10-11H2,1-2H3,(H,21,24). The van der Waals surface area contributed by atoms with Crippen molar-refractivity contribution >= 4 is 39.5 Å². The molecule has 1 aromatic carbocycles. The van der Waals surface area contributed by atoms with Gasteiger partial charge in [0.2, 0.25) is 0 Å². The van der Waals surface area contributed by atoms with Crippen molar-refractivity contribution in [3.05, 3.63) is 46.1 Å². The number of hydrogen-bond acceptors (Lipinski definition) is 3. The molecular formula is C18H22BrClN2O3. The molecule has 0 saturated heterocycles. The average Bonchev–Trinajstić information content (AvgIpc) is 2.58. The number of urea groups is 1. The molecule has 0 aliphatic carbocycles. The maximum atomic E-state index is 12.6. The van der Waals surface area contributed by atoms with Gasteiger partial charge in [0.05, 0.1) is 18.2 Å². The number of nitrogens with one attached hydrogen (secondary N) is 1. The number of allylic oxidation sites excluding steroid dienone is 1. The largest absolute Gasteiger partial charge is 0.463 e. The summed E-state index contributed by atoms with van der Waals surface area (Å²) in [7, 11) is 0. The van der Waals surface area contributed by atoms with Crippen LogP contribution in [0.5, 0.6) is 0 Å². The van der Waals surface area contributed by atoms with Gasteiger partial charge in [0.1, 0.15) is 0 Å². The number of alkyl halides is 1. The summed E-state index contributed by atoms with van der Waals surface area (Å²) in [6, 6.07) is 6.34. The zero-order chi connectivity index (χ0) is 18.4. The Morgan fingerprint density at radius 2 is 2.00 bits per heavy atom. The Bertz CT molecular complexity index is 661. The van der Waals surface area contributed by atoms with Crippen LogP contribution >= 0.6 is 27.5 Å². The molecule has 0 radical (unpaired) electrons. The first kappa shape index (κ1) is 19.8. The van der Waals surface area contributed by atoms with Crippen LogP contribution in [0.2, 0.25) is 5.02 Å². The minimum absolute atomic E-state index is 0.208. The highest BCUT2D eigenvalue weighted by Gasteiger charge is 2.36. The summed E-state index contributed by atoms with van der Waals surface area (Å²) < 4.78 is 5.23. The van der Waals surface area contributed by atoms with E-state index < -0.39 is 12.0 Å². The highest BCUT2D eigenvalue weighted by atomic mass is 79.9. The lowest BCUT2D eigenvalue weighted by Crippen LogP contribution is -2.48. The van der Waals surface area contributed by atoms with E-state index in [1.54, 1.807) is 43.0 Å². The number of unbranched alkanes of at least 4 members (excludes halogenated alkanes) is 1. The quantitative estimate of drug-likeness (QED) is 0.396. The van der Waals surface area contributed by atoms with Crippen LogP contribution in [-0.2, 0) is 9.53 Å². The van der Waals surface area contributed by atoms with E-state index in [1.807, 2.05) is 0 Å². The molecule has 1 aliphatic heterocycles. The summed E-state index contributed by atoms with van der Waals surface area (Å²) in [5.41, 5.74) is 1.89. The zero-order valence-electron chi connectivity index (χ0n) is 14.4. The molecule has 5 nitrogen and oxygen atoms in total. The summed E-state index contributed by atoms with van der Waals surface area (Å²) in [4.78, 5) is 26.7. The number of ether oxygens (including phenoxy) is 1. The van der Waals surface area contributed by atoms with Gasteiger partial charge < -0.3 is 10.1 Å². The predicted octanol–water partition coefficient (Wildman–Crippen LogP) is 4.42.